The van der Waals surface area contributed by atoms with Gasteiger partial charge >= 0.3 is 6.09 Å². The molecule has 1 aliphatic rings. The maximum Gasteiger partial charge on any atom is 0.407 e. The van der Waals surface area contributed by atoms with Crippen molar-refractivity contribution in [1.29, 1.82) is 0 Å². The van der Waals surface area contributed by atoms with Crippen molar-refractivity contribution in [2.45, 2.75) is 12.5 Å². The molecule has 0 radical (unpaired) electrons. The van der Waals surface area contributed by atoms with Crippen LogP contribution in [0.5, 0.6) is 11.5 Å². The predicted molar refractivity (Wildman–Crippen MR) is 107 cm³/mol. The Kier molecular flexibility index (Phi) is 4.89. The number of fused-ring (bicyclic) bond motifs is 3. The van der Waals surface area contributed by atoms with E-state index < -0.39 is 6.09 Å². The summed E-state index contributed by atoms with van der Waals surface area (Å²) in [6, 6.07) is 21.5. The van der Waals surface area contributed by atoms with Crippen LogP contribution in [0, 0.1) is 0 Å². The fourth-order valence-electron chi connectivity index (χ4n) is 3.69. The standard InChI is InChI=1S/C23H21NO4/c1-27-21-12-6-7-15(22(21)25)13-24-23(26)28-14-20-18-10-4-2-8-16(18)17-9-3-5-11-19(17)20/h2-12,20,25H,13-14H2,1H3,(H,24,26). The van der Waals surface area contributed by atoms with Gasteiger partial charge < -0.3 is 19.9 Å². The normalized spacial score (nSPS) is 12.2. The van der Waals surface area contributed by atoms with Crippen LogP contribution in [-0.4, -0.2) is 24.9 Å². The van der Waals surface area contributed by atoms with Crippen LogP contribution in [0.25, 0.3) is 11.1 Å². The lowest BCUT2D eigenvalue weighted by Crippen LogP contribution is -2.25. The number of ether oxygens (including phenoxy) is 2. The van der Waals surface area contributed by atoms with Crippen LogP contribution in [0.3, 0.4) is 0 Å². The molecule has 0 saturated heterocycles. The van der Waals surface area contributed by atoms with E-state index in [1.54, 1.807) is 18.2 Å². The van der Waals surface area contributed by atoms with Gasteiger partial charge in [0, 0.05) is 18.0 Å². The number of hydrogen-bond acceptors (Lipinski definition) is 4. The minimum absolute atomic E-state index is 0.0170. The van der Waals surface area contributed by atoms with E-state index in [1.165, 1.54) is 29.4 Å². The van der Waals surface area contributed by atoms with Crippen LogP contribution in [-0.2, 0) is 11.3 Å². The quantitative estimate of drug-likeness (QED) is 0.692. The second-order valence-electron chi connectivity index (χ2n) is 6.65. The van der Waals surface area contributed by atoms with Crippen LogP contribution in [0.2, 0.25) is 0 Å². The molecule has 0 heterocycles. The van der Waals surface area contributed by atoms with E-state index in [9.17, 15) is 9.90 Å². The molecule has 0 saturated carbocycles. The molecule has 5 heteroatoms. The molecule has 0 aromatic heterocycles. The van der Waals surface area contributed by atoms with Crippen LogP contribution in [0.15, 0.2) is 66.7 Å². The van der Waals surface area contributed by atoms with Gasteiger partial charge in [0.2, 0.25) is 0 Å². The number of alkyl carbamates (subject to hydrolysis) is 1. The average Bonchev–Trinajstić information content (AvgIpc) is 3.05. The summed E-state index contributed by atoms with van der Waals surface area (Å²) >= 11 is 0. The number of carbonyl (C=O) groups is 1. The van der Waals surface area contributed by atoms with Gasteiger partial charge in [-0.1, -0.05) is 60.7 Å². The Balaban J connectivity index is 1.42. The zero-order chi connectivity index (χ0) is 19.5. The summed E-state index contributed by atoms with van der Waals surface area (Å²) in [7, 11) is 1.48. The summed E-state index contributed by atoms with van der Waals surface area (Å²) in [6.07, 6.45) is -0.524. The monoisotopic (exact) mass is 375 g/mol. The van der Waals surface area contributed by atoms with E-state index in [0.717, 1.165) is 0 Å². The highest BCUT2D eigenvalue weighted by molar-refractivity contribution is 5.79. The topological polar surface area (TPSA) is 67.8 Å². The van der Waals surface area contributed by atoms with Crippen LogP contribution in [0.1, 0.15) is 22.6 Å². The first-order valence-electron chi connectivity index (χ1n) is 9.12. The summed E-state index contributed by atoms with van der Waals surface area (Å²) in [5.41, 5.74) is 5.28. The highest BCUT2D eigenvalue weighted by Gasteiger charge is 2.28. The van der Waals surface area contributed by atoms with Crippen LogP contribution < -0.4 is 10.1 Å². The van der Waals surface area contributed by atoms with E-state index in [4.69, 9.17) is 9.47 Å². The molecule has 2 N–H and O–H groups in total. The highest BCUT2D eigenvalue weighted by atomic mass is 16.5. The summed E-state index contributed by atoms with van der Waals surface area (Å²) in [6.45, 7) is 0.406. The Morgan fingerprint density at radius 3 is 2.25 bits per heavy atom. The summed E-state index contributed by atoms with van der Waals surface area (Å²) in [4.78, 5) is 12.2. The molecular weight excluding hydrogens is 354 g/mol. The third-order valence-electron chi connectivity index (χ3n) is 5.07. The summed E-state index contributed by atoms with van der Waals surface area (Å²) in [5, 5.41) is 12.8. The minimum atomic E-state index is -0.524. The average molecular weight is 375 g/mol. The van der Waals surface area contributed by atoms with Crippen molar-refractivity contribution in [3.8, 4) is 22.6 Å². The Labute approximate surface area is 163 Å². The molecule has 0 atom stereocenters. The Bertz CT molecular complexity index is 969. The predicted octanol–water partition coefficient (Wildman–Crippen LogP) is 4.44. The van der Waals surface area contributed by atoms with Crippen molar-refractivity contribution < 1.29 is 19.4 Å². The summed E-state index contributed by atoms with van der Waals surface area (Å²) < 4.78 is 10.6. The van der Waals surface area contributed by atoms with Crippen molar-refractivity contribution in [3.05, 3.63) is 83.4 Å². The zero-order valence-corrected chi connectivity index (χ0v) is 15.5. The summed E-state index contributed by atoms with van der Waals surface area (Å²) in [5.74, 6) is 0.402. The van der Waals surface area contributed by atoms with Crippen molar-refractivity contribution in [3.63, 3.8) is 0 Å². The number of benzene rings is 3. The zero-order valence-electron chi connectivity index (χ0n) is 15.5. The molecule has 5 nitrogen and oxygen atoms in total. The molecule has 28 heavy (non-hydrogen) atoms. The molecule has 1 aliphatic carbocycles. The van der Waals surface area contributed by atoms with Gasteiger partial charge in [0.15, 0.2) is 11.5 Å². The van der Waals surface area contributed by atoms with Gasteiger partial charge in [-0.3, -0.25) is 0 Å². The molecule has 0 unspecified atom stereocenters. The van der Waals surface area contributed by atoms with Crippen molar-refractivity contribution >= 4 is 6.09 Å². The first kappa shape index (κ1) is 17.9. The lowest BCUT2D eigenvalue weighted by Gasteiger charge is -2.15. The first-order chi connectivity index (χ1) is 13.7. The van der Waals surface area contributed by atoms with Gasteiger partial charge in [-0.05, 0) is 28.3 Å². The highest BCUT2D eigenvalue weighted by Crippen LogP contribution is 2.44. The molecule has 142 valence electrons. The van der Waals surface area contributed by atoms with Gasteiger partial charge in [0.1, 0.15) is 6.61 Å². The maximum atomic E-state index is 12.2. The number of rotatable bonds is 5. The fraction of sp³-hybridized carbons (Fsp3) is 0.174. The molecule has 0 spiro atoms. The molecule has 1 amide bonds. The third-order valence-corrected chi connectivity index (χ3v) is 5.07. The van der Waals surface area contributed by atoms with Crippen molar-refractivity contribution in [2.75, 3.05) is 13.7 Å². The number of nitrogens with one attached hydrogen (secondary N) is 1. The molecule has 3 aromatic carbocycles. The smallest absolute Gasteiger partial charge is 0.407 e. The Hall–Kier alpha value is -3.47. The number of methoxy groups -OCH3 is 1. The number of aromatic hydroxyl groups is 1. The fourth-order valence-corrected chi connectivity index (χ4v) is 3.69. The van der Waals surface area contributed by atoms with Crippen molar-refractivity contribution in [1.82, 2.24) is 5.32 Å². The number of phenols is 1. The van der Waals surface area contributed by atoms with Gasteiger partial charge in [0.25, 0.3) is 0 Å². The van der Waals surface area contributed by atoms with Gasteiger partial charge in [0.05, 0.1) is 7.11 Å². The minimum Gasteiger partial charge on any atom is -0.504 e. The van der Waals surface area contributed by atoms with E-state index in [-0.39, 0.29) is 24.8 Å². The van der Waals surface area contributed by atoms with Crippen LogP contribution >= 0.6 is 0 Å². The molecule has 4 rings (SSSR count). The molecule has 0 aliphatic heterocycles. The maximum absolute atomic E-state index is 12.2. The van der Waals surface area contributed by atoms with Crippen LogP contribution in [0.4, 0.5) is 4.79 Å². The first-order valence-corrected chi connectivity index (χ1v) is 9.12. The van der Waals surface area contributed by atoms with Gasteiger partial charge in [-0.25, -0.2) is 4.79 Å². The number of para-hydroxylation sites is 1. The van der Waals surface area contributed by atoms with E-state index in [1.807, 2.05) is 24.3 Å². The molecule has 3 aromatic rings. The lowest BCUT2D eigenvalue weighted by molar-refractivity contribution is 0.142. The third kappa shape index (κ3) is 3.27. The number of amides is 1. The van der Waals surface area contributed by atoms with Gasteiger partial charge in [-0.2, -0.15) is 0 Å². The molecular formula is C23H21NO4. The molecule has 0 fully saturated rings. The number of phenolic OH excluding ortho intramolecular Hbond substituents is 1. The molecule has 0 bridgehead atoms. The number of carbonyl (C=O) groups excluding carboxylic acids is 1. The second kappa shape index (κ2) is 7.64. The number of hydrogen-bond donors (Lipinski definition) is 2. The van der Waals surface area contributed by atoms with E-state index in [0.29, 0.717) is 11.3 Å². The Morgan fingerprint density at radius 2 is 1.61 bits per heavy atom. The Morgan fingerprint density at radius 1 is 0.964 bits per heavy atom. The van der Waals surface area contributed by atoms with Crippen molar-refractivity contribution in [2.24, 2.45) is 0 Å². The van der Waals surface area contributed by atoms with Gasteiger partial charge in [-0.15, -0.1) is 0 Å². The van der Waals surface area contributed by atoms with E-state index in [2.05, 4.69) is 29.6 Å². The largest absolute Gasteiger partial charge is 0.504 e. The van der Waals surface area contributed by atoms with E-state index >= 15 is 0 Å². The second-order valence-corrected chi connectivity index (χ2v) is 6.65. The lowest BCUT2D eigenvalue weighted by atomic mass is 9.98. The SMILES string of the molecule is COc1cccc(CNC(=O)OCC2c3ccccc3-c3ccccc32)c1O.